The summed E-state index contributed by atoms with van der Waals surface area (Å²) in [6.07, 6.45) is 3.08. The van der Waals surface area contributed by atoms with Crippen LogP contribution in [0.4, 0.5) is 0 Å². The minimum atomic E-state index is -0.319. The molecule has 3 rings (SSSR count). The van der Waals surface area contributed by atoms with Crippen LogP contribution in [0.2, 0.25) is 0 Å². The molecule has 0 saturated carbocycles. The zero-order valence-corrected chi connectivity index (χ0v) is 11.3. The van der Waals surface area contributed by atoms with E-state index in [1.165, 1.54) is 11.1 Å². The van der Waals surface area contributed by atoms with Crippen LogP contribution in [0.15, 0.2) is 24.3 Å². The smallest absolute Gasteiger partial charge is 0.219 e. The van der Waals surface area contributed by atoms with E-state index < -0.39 is 0 Å². The van der Waals surface area contributed by atoms with Crippen LogP contribution >= 0.6 is 0 Å². The second-order valence-corrected chi connectivity index (χ2v) is 5.67. The molecule has 1 spiro atoms. The highest BCUT2D eigenvalue weighted by Crippen LogP contribution is 2.42. The summed E-state index contributed by atoms with van der Waals surface area (Å²) in [5.41, 5.74) is 2.22. The van der Waals surface area contributed by atoms with Gasteiger partial charge in [-0.15, -0.1) is 0 Å². The summed E-state index contributed by atoms with van der Waals surface area (Å²) >= 11 is 0. The molecule has 1 amide bonds. The van der Waals surface area contributed by atoms with E-state index in [9.17, 15) is 9.59 Å². The number of rotatable bonds is 0. The van der Waals surface area contributed by atoms with E-state index in [1.54, 1.807) is 6.92 Å². The fourth-order valence-electron chi connectivity index (χ4n) is 3.59. The number of ketones is 1. The summed E-state index contributed by atoms with van der Waals surface area (Å²) in [4.78, 5) is 25.8. The largest absolute Gasteiger partial charge is 0.343 e. The van der Waals surface area contributed by atoms with Gasteiger partial charge in [0.15, 0.2) is 0 Å². The van der Waals surface area contributed by atoms with Crippen molar-refractivity contribution < 1.29 is 9.59 Å². The van der Waals surface area contributed by atoms with Crippen molar-refractivity contribution in [3.63, 3.8) is 0 Å². The van der Waals surface area contributed by atoms with Crippen molar-refractivity contribution in [1.29, 1.82) is 0 Å². The van der Waals surface area contributed by atoms with Crippen LogP contribution in [0.3, 0.4) is 0 Å². The maximum absolute atomic E-state index is 12.5. The molecule has 3 heteroatoms. The fourth-order valence-corrected chi connectivity index (χ4v) is 3.59. The first kappa shape index (κ1) is 12.4. The molecule has 1 fully saturated rings. The molecule has 19 heavy (non-hydrogen) atoms. The van der Waals surface area contributed by atoms with Gasteiger partial charge in [0.25, 0.3) is 0 Å². The molecule has 0 bridgehead atoms. The van der Waals surface area contributed by atoms with E-state index in [4.69, 9.17) is 0 Å². The van der Waals surface area contributed by atoms with Gasteiger partial charge in [-0.2, -0.15) is 0 Å². The second kappa shape index (κ2) is 4.48. The van der Waals surface area contributed by atoms with Gasteiger partial charge in [0.2, 0.25) is 5.91 Å². The summed E-state index contributed by atoms with van der Waals surface area (Å²) in [6, 6.07) is 8.32. The van der Waals surface area contributed by atoms with Crippen molar-refractivity contribution in [2.75, 3.05) is 13.1 Å². The van der Waals surface area contributed by atoms with Crippen LogP contribution in [0.5, 0.6) is 0 Å². The van der Waals surface area contributed by atoms with E-state index in [0.717, 1.165) is 19.3 Å². The van der Waals surface area contributed by atoms with Crippen LogP contribution in [0.25, 0.3) is 0 Å². The standard InChI is InChI=1S/C16H19NO2/c1-12(18)17-10-8-16(9-11-17)14-5-3-2-4-13(14)6-7-15(16)19/h2-5H,6-11H2,1H3. The lowest BCUT2D eigenvalue weighted by Gasteiger charge is -2.43. The van der Waals surface area contributed by atoms with Gasteiger partial charge < -0.3 is 4.90 Å². The number of amides is 1. The number of likely N-dealkylation sites (tertiary alicyclic amines) is 1. The predicted octanol–water partition coefficient (Wildman–Crippen LogP) is 2.08. The number of hydrogen-bond acceptors (Lipinski definition) is 2. The van der Waals surface area contributed by atoms with Gasteiger partial charge in [0.1, 0.15) is 5.78 Å². The van der Waals surface area contributed by atoms with Crippen molar-refractivity contribution in [1.82, 2.24) is 4.90 Å². The average molecular weight is 257 g/mol. The first-order valence-electron chi connectivity index (χ1n) is 7.01. The topological polar surface area (TPSA) is 37.4 Å². The van der Waals surface area contributed by atoms with Crippen molar-refractivity contribution in [3.05, 3.63) is 35.4 Å². The molecule has 0 radical (unpaired) electrons. The van der Waals surface area contributed by atoms with E-state index in [1.807, 2.05) is 17.0 Å². The number of carbonyl (C=O) groups is 2. The van der Waals surface area contributed by atoms with Gasteiger partial charge >= 0.3 is 0 Å². The summed E-state index contributed by atoms with van der Waals surface area (Å²) in [6.45, 7) is 3.01. The van der Waals surface area contributed by atoms with Crippen LogP contribution in [-0.2, 0) is 21.4 Å². The third-order valence-electron chi connectivity index (χ3n) is 4.75. The Kier molecular flexibility index (Phi) is 2.92. The first-order valence-corrected chi connectivity index (χ1v) is 7.01. The second-order valence-electron chi connectivity index (χ2n) is 5.67. The van der Waals surface area contributed by atoms with Crippen LogP contribution < -0.4 is 0 Å². The van der Waals surface area contributed by atoms with Crippen LogP contribution in [0.1, 0.15) is 37.3 Å². The zero-order valence-electron chi connectivity index (χ0n) is 11.3. The third kappa shape index (κ3) is 1.88. The highest BCUT2D eigenvalue weighted by molar-refractivity contribution is 5.92. The Morgan fingerprint density at radius 3 is 2.53 bits per heavy atom. The number of aryl methyl sites for hydroxylation is 1. The quantitative estimate of drug-likeness (QED) is 0.713. The minimum absolute atomic E-state index is 0.117. The summed E-state index contributed by atoms with van der Waals surface area (Å²) in [5.74, 6) is 0.487. The number of nitrogens with zero attached hydrogens (tertiary/aromatic N) is 1. The third-order valence-corrected chi connectivity index (χ3v) is 4.75. The first-order chi connectivity index (χ1) is 9.13. The highest BCUT2D eigenvalue weighted by Gasteiger charge is 2.45. The van der Waals surface area contributed by atoms with E-state index in [-0.39, 0.29) is 11.3 Å². The minimum Gasteiger partial charge on any atom is -0.343 e. The van der Waals surface area contributed by atoms with Crippen molar-refractivity contribution in [2.45, 2.75) is 38.0 Å². The van der Waals surface area contributed by atoms with Gasteiger partial charge in [0.05, 0.1) is 5.41 Å². The number of piperidine rings is 1. The Balaban J connectivity index is 1.96. The number of benzene rings is 1. The molecule has 1 aliphatic carbocycles. The highest BCUT2D eigenvalue weighted by atomic mass is 16.2. The summed E-state index contributed by atoms with van der Waals surface area (Å²) in [5, 5.41) is 0. The zero-order chi connectivity index (χ0) is 13.5. The van der Waals surface area contributed by atoms with Gasteiger partial charge in [-0.05, 0) is 30.4 Å². The average Bonchev–Trinajstić information content (AvgIpc) is 2.44. The van der Waals surface area contributed by atoms with Gasteiger partial charge in [-0.1, -0.05) is 24.3 Å². The molecule has 1 aliphatic heterocycles. The van der Waals surface area contributed by atoms with Gasteiger partial charge in [0, 0.05) is 26.4 Å². The number of Topliss-reactive ketones (excluding diaryl/α,β-unsaturated/α-hetero) is 1. The number of carbonyl (C=O) groups excluding carboxylic acids is 2. The molecule has 3 nitrogen and oxygen atoms in total. The van der Waals surface area contributed by atoms with Gasteiger partial charge in [-0.25, -0.2) is 0 Å². The Hall–Kier alpha value is -1.64. The lowest BCUT2D eigenvalue weighted by atomic mass is 9.64. The number of hydrogen-bond donors (Lipinski definition) is 0. The van der Waals surface area contributed by atoms with E-state index >= 15 is 0 Å². The Labute approximate surface area is 113 Å². The predicted molar refractivity (Wildman–Crippen MR) is 72.9 cm³/mol. The van der Waals surface area contributed by atoms with Crippen molar-refractivity contribution in [3.8, 4) is 0 Å². The van der Waals surface area contributed by atoms with Crippen LogP contribution in [-0.4, -0.2) is 29.7 Å². The normalized spacial score (nSPS) is 21.3. The maximum atomic E-state index is 12.5. The summed E-state index contributed by atoms with van der Waals surface area (Å²) in [7, 11) is 0. The molecule has 100 valence electrons. The lowest BCUT2D eigenvalue weighted by molar-refractivity contribution is -0.134. The number of fused-ring (bicyclic) bond motifs is 2. The van der Waals surface area contributed by atoms with Gasteiger partial charge in [-0.3, -0.25) is 9.59 Å². The summed E-state index contributed by atoms with van der Waals surface area (Å²) < 4.78 is 0. The van der Waals surface area contributed by atoms with E-state index in [0.29, 0.717) is 25.3 Å². The molecular formula is C16H19NO2. The van der Waals surface area contributed by atoms with Crippen molar-refractivity contribution >= 4 is 11.7 Å². The van der Waals surface area contributed by atoms with Crippen molar-refractivity contribution in [2.24, 2.45) is 0 Å². The molecule has 1 aromatic rings. The maximum Gasteiger partial charge on any atom is 0.219 e. The Bertz CT molecular complexity index is 527. The SMILES string of the molecule is CC(=O)N1CCC2(CC1)C(=O)CCc1ccccc12. The monoisotopic (exact) mass is 257 g/mol. The Morgan fingerprint density at radius 2 is 1.84 bits per heavy atom. The molecule has 1 aromatic carbocycles. The van der Waals surface area contributed by atoms with E-state index in [2.05, 4.69) is 12.1 Å². The molecule has 0 N–H and O–H groups in total. The molecule has 0 aromatic heterocycles. The molecule has 0 atom stereocenters. The Morgan fingerprint density at radius 1 is 1.16 bits per heavy atom. The molecule has 1 heterocycles. The molecule has 2 aliphatic rings. The molecular weight excluding hydrogens is 238 g/mol. The van der Waals surface area contributed by atoms with Crippen LogP contribution in [0, 0.1) is 0 Å². The molecule has 1 saturated heterocycles. The molecule has 0 unspecified atom stereocenters. The lowest BCUT2D eigenvalue weighted by Crippen LogP contribution is -2.50. The fraction of sp³-hybridized carbons (Fsp3) is 0.500.